The van der Waals surface area contributed by atoms with Gasteiger partial charge in [-0.15, -0.1) is 0 Å². The standard InChI is InChI=1S/C7H11ClN2/c1-7(2,3)10-5-4-9-6(10)8/h4-5H,1-3H3. The third kappa shape index (κ3) is 1.32. The molecule has 1 aromatic rings. The second kappa shape index (κ2) is 2.27. The molecule has 0 amide bonds. The Bertz CT molecular complexity index is 222. The fraction of sp³-hybridized carbons (Fsp3) is 0.571. The molecular formula is C7H11ClN2. The van der Waals surface area contributed by atoms with Crippen molar-refractivity contribution in [3.63, 3.8) is 0 Å². The van der Waals surface area contributed by atoms with Crippen molar-refractivity contribution in [2.24, 2.45) is 0 Å². The van der Waals surface area contributed by atoms with Gasteiger partial charge in [-0.1, -0.05) is 0 Å². The highest BCUT2D eigenvalue weighted by Gasteiger charge is 2.14. The van der Waals surface area contributed by atoms with Gasteiger partial charge >= 0.3 is 0 Å². The van der Waals surface area contributed by atoms with E-state index in [2.05, 4.69) is 25.8 Å². The lowest BCUT2D eigenvalue weighted by molar-refractivity contribution is 0.397. The van der Waals surface area contributed by atoms with Crippen LogP contribution in [0.15, 0.2) is 12.4 Å². The predicted octanol–water partition coefficient (Wildman–Crippen LogP) is 2.29. The first-order valence-corrected chi connectivity index (χ1v) is 3.59. The summed E-state index contributed by atoms with van der Waals surface area (Å²) >= 11 is 5.78. The Morgan fingerprint density at radius 2 is 2.10 bits per heavy atom. The summed E-state index contributed by atoms with van der Waals surface area (Å²) in [5.74, 6) is 0. The monoisotopic (exact) mass is 158 g/mol. The fourth-order valence-corrected chi connectivity index (χ4v) is 1.15. The van der Waals surface area contributed by atoms with E-state index in [0.29, 0.717) is 5.28 Å². The Hall–Kier alpha value is -0.500. The number of aromatic nitrogens is 2. The summed E-state index contributed by atoms with van der Waals surface area (Å²) in [5, 5.41) is 0.549. The van der Waals surface area contributed by atoms with Crippen molar-refractivity contribution in [2.45, 2.75) is 26.3 Å². The van der Waals surface area contributed by atoms with Crippen molar-refractivity contribution in [1.29, 1.82) is 0 Å². The van der Waals surface area contributed by atoms with E-state index in [1.165, 1.54) is 0 Å². The molecule has 0 N–H and O–H groups in total. The van der Waals surface area contributed by atoms with Crippen molar-refractivity contribution >= 4 is 11.6 Å². The van der Waals surface area contributed by atoms with Gasteiger partial charge in [-0.3, -0.25) is 0 Å². The number of nitrogens with zero attached hydrogens (tertiary/aromatic N) is 2. The first-order chi connectivity index (χ1) is 4.52. The summed E-state index contributed by atoms with van der Waals surface area (Å²) in [6.07, 6.45) is 3.58. The van der Waals surface area contributed by atoms with Gasteiger partial charge in [0.05, 0.1) is 0 Å². The van der Waals surface area contributed by atoms with Crippen LogP contribution in [0.1, 0.15) is 20.8 Å². The highest BCUT2D eigenvalue weighted by atomic mass is 35.5. The largest absolute Gasteiger partial charge is 0.317 e. The van der Waals surface area contributed by atoms with E-state index in [9.17, 15) is 0 Å². The Balaban J connectivity index is 3.05. The quantitative estimate of drug-likeness (QED) is 0.567. The number of rotatable bonds is 0. The smallest absolute Gasteiger partial charge is 0.203 e. The summed E-state index contributed by atoms with van der Waals surface area (Å²) in [6.45, 7) is 6.25. The molecule has 0 unspecified atom stereocenters. The van der Waals surface area contributed by atoms with E-state index in [1.807, 2.05) is 10.8 Å². The minimum absolute atomic E-state index is 0.0353. The van der Waals surface area contributed by atoms with Gasteiger partial charge in [0, 0.05) is 17.9 Å². The van der Waals surface area contributed by atoms with Gasteiger partial charge in [0.2, 0.25) is 5.28 Å². The molecule has 1 heterocycles. The molecule has 0 saturated heterocycles. The molecule has 0 aliphatic heterocycles. The lowest BCUT2D eigenvalue weighted by Gasteiger charge is -2.20. The van der Waals surface area contributed by atoms with Gasteiger partial charge in [0.1, 0.15) is 0 Å². The number of hydrogen-bond donors (Lipinski definition) is 0. The summed E-state index contributed by atoms with van der Waals surface area (Å²) < 4.78 is 1.93. The molecule has 0 atom stereocenters. The van der Waals surface area contributed by atoms with E-state index >= 15 is 0 Å². The van der Waals surface area contributed by atoms with Crippen LogP contribution >= 0.6 is 11.6 Å². The highest BCUT2D eigenvalue weighted by molar-refractivity contribution is 6.28. The Morgan fingerprint density at radius 3 is 2.30 bits per heavy atom. The third-order valence-corrected chi connectivity index (χ3v) is 1.60. The molecular weight excluding hydrogens is 148 g/mol. The topological polar surface area (TPSA) is 17.8 Å². The molecule has 1 aromatic heterocycles. The zero-order valence-corrected chi connectivity index (χ0v) is 7.18. The van der Waals surface area contributed by atoms with Gasteiger partial charge in [-0.25, -0.2) is 4.98 Å². The van der Waals surface area contributed by atoms with Crippen LogP contribution in [0.2, 0.25) is 5.28 Å². The second-order valence-corrected chi connectivity index (χ2v) is 3.58. The average Bonchev–Trinajstić information content (AvgIpc) is 2.11. The molecule has 0 aliphatic rings. The molecule has 0 radical (unpaired) electrons. The maximum atomic E-state index is 5.78. The van der Waals surface area contributed by atoms with E-state index in [1.54, 1.807) is 6.20 Å². The maximum Gasteiger partial charge on any atom is 0.203 e. The van der Waals surface area contributed by atoms with Crippen LogP contribution < -0.4 is 0 Å². The molecule has 0 aliphatic carbocycles. The molecule has 2 nitrogen and oxygen atoms in total. The third-order valence-electron chi connectivity index (χ3n) is 1.32. The minimum atomic E-state index is 0.0353. The van der Waals surface area contributed by atoms with Crippen molar-refractivity contribution in [2.75, 3.05) is 0 Å². The van der Waals surface area contributed by atoms with Crippen molar-refractivity contribution in [1.82, 2.24) is 9.55 Å². The molecule has 0 saturated carbocycles. The molecule has 1 rings (SSSR count). The molecule has 10 heavy (non-hydrogen) atoms. The van der Waals surface area contributed by atoms with Crippen molar-refractivity contribution < 1.29 is 0 Å². The first kappa shape index (κ1) is 7.61. The van der Waals surface area contributed by atoms with Crippen molar-refractivity contribution in [3.05, 3.63) is 17.7 Å². The molecule has 0 bridgehead atoms. The second-order valence-electron chi connectivity index (χ2n) is 3.24. The first-order valence-electron chi connectivity index (χ1n) is 3.21. The maximum absolute atomic E-state index is 5.78. The molecule has 3 heteroatoms. The van der Waals surface area contributed by atoms with Gasteiger partial charge in [0.15, 0.2) is 0 Å². The van der Waals surface area contributed by atoms with Crippen LogP contribution in [0, 0.1) is 0 Å². The minimum Gasteiger partial charge on any atom is -0.317 e. The summed E-state index contributed by atoms with van der Waals surface area (Å²) in [6, 6.07) is 0. The van der Waals surface area contributed by atoms with E-state index in [-0.39, 0.29) is 5.54 Å². The van der Waals surface area contributed by atoms with Gasteiger partial charge in [-0.2, -0.15) is 0 Å². The lowest BCUT2D eigenvalue weighted by Crippen LogP contribution is -2.20. The van der Waals surface area contributed by atoms with E-state index in [0.717, 1.165) is 0 Å². The van der Waals surface area contributed by atoms with Crippen LogP contribution in [-0.2, 0) is 5.54 Å². The van der Waals surface area contributed by atoms with Crippen LogP contribution in [0.4, 0.5) is 0 Å². The molecule has 56 valence electrons. The lowest BCUT2D eigenvalue weighted by atomic mass is 10.1. The van der Waals surface area contributed by atoms with Crippen LogP contribution in [0.5, 0.6) is 0 Å². The molecule has 0 aromatic carbocycles. The Labute approximate surface area is 65.8 Å². The highest BCUT2D eigenvalue weighted by Crippen LogP contribution is 2.18. The van der Waals surface area contributed by atoms with Crippen LogP contribution in [0.3, 0.4) is 0 Å². The van der Waals surface area contributed by atoms with E-state index < -0.39 is 0 Å². The predicted molar refractivity (Wildman–Crippen MR) is 42.2 cm³/mol. The zero-order chi connectivity index (χ0) is 7.78. The van der Waals surface area contributed by atoms with E-state index in [4.69, 9.17) is 11.6 Å². The number of halogens is 1. The molecule has 0 fully saturated rings. The molecule has 0 spiro atoms. The van der Waals surface area contributed by atoms with Crippen LogP contribution in [-0.4, -0.2) is 9.55 Å². The Kier molecular flexibility index (Phi) is 1.73. The van der Waals surface area contributed by atoms with Crippen molar-refractivity contribution in [3.8, 4) is 0 Å². The van der Waals surface area contributed by atoms with Gasteiger partial charge in [-0.05, 0) is 32.4 Å². The van der Waals surface area contributed by atoms with Crippen LogP contribution in [0.25, 0.3) is 0 Å². The summed E-state index contributed by atoms with van der Waals surface area (Å²) in [5.41, 5.74) is 0.0353. The summed E-state index contributed by atoms with van der Waals surface area (Å²) in [4.78, 5) is 3.91. The number of imidazole rings is 1. The van der Waals surface area contributed by atoms with Gasteiger partial charge in [0.25, 0.3) is 0 Å². The Morgan fingerprint density at radius 1 is 1.50 bits per heavy atom. The fourth-order valence-electron chi connectivity index (χ4n) is 0.786. The number of hydrogen-bond acceptors (Lipinski definition) is 1. The van der Waals surface area contributed by atoms with Gasteiger partial charge < -0.3 is 4.57 Å². The average molecular weight is 159 g/mol. The SMILES string of the molecule is CC(C)(C)n1ccnc1Cl. The zero-order valence-electron chi connectivity index (χ0n) is 6.43. The summed E-state index contributed by atoms with van der Waals surface area (Å²) in [7, 11) is 0. The normalized spacial score (nSPS) is 12.0.